The van der Waals surface area contributed by atoms with Crippen molar-refractivity contribution in [2.24, 2.45) is 11.1 Å². The minimum absolute atomic E-state index is 0.230. The first kappa shape index (κ1) is 13.8. The Morgan fingerprint density at radius 1 is 1.21 bits per heavy atom. The van der Waals surface area contributed by atoms with E-state index < -0.39 is 0 Å². The van der Waals surface area contributed by atoms with Gasteiger partial charge in [0.05, 0.1) is 5.52 Å². The van der Waals surface area contributed by atoms with Gasteiger partial charge in [0.1, 0.15) is 5.82 Å². The van der Waals surface area contributed by atoms with Crippen molar-refractivity contribution in [3.05, 3.63) is 35.9 Å². The quantitative estimate of drug-likeness (QED) is 0.918. The van der Waals surface area contributed by atoms with Crippen LogP contribution in [-0.2, 0) is 6.54 Å². The maximum atomic E-state index is 5.88. The van der Waals surface area contributed by atoms with Gasteiger partial charge in [-0.2, -0.15) is 0 Å². The molecular formula is C16H23N3. The molecule has 102 valence electrons. The summed E-state index contributed by atoms with van der Waals surface area (Å²) in [5.74, 6) is 0.996. The number of aromatic nitrogens is 1. The molecule has 0 radical (unpaired) electrons. The number of hydrogen-bond acceptors (Lipinski definition) is 3. The molecule has 0 saturated heterocycles. The molecule has 0 bridgehead atoms. The molecule has 3 heteroatoms. The molecule has 0 spiro atoms. The van der Waals surface area contributed by atoms with Gasteiger partial charge < -0.3 is 10.6 Å². The van der Waals surface area contributed by atoms with Crippen molar-refractivity contribution in [2.45, 2.75) is 27.3 Å². The smallest absolute Gasteiger partial charge is 0.133 e. The number of fused-ring (bicyclic) bond motifs is 1. The Labute approximate surface area is 115 Å². The van der Waals surface area contributed by atoms with E-state index in [0.29, 0.717) is 6.54 Å². The second kappa shape index (κ2) is 5.17. The zero-order valence-electron chi connectivity index (χ0n) is 12.3. The van der Waals surface area contributed by atoms with Gasteiger partial charge in [-0.25, -0.2) is 4.98 Å². The van der Waals surface area contributed by atoms with Crippen LogP contribution in [0.5, 0.6) is 0 Å². The largest absolute Gasteiger partial charge is 0.359 e. The van der Waals surface area contributed by atoms with E-state index in [0.717, 1.165) is 28.8 Å². The lowest BCUT2D eigenvalue weighted by Crippen LogP contribution is -2.30. The van der Waals surface area contributed by atoms with E-state index in [1.165, 1.54) is 0 Å². The van der Waals surface area contributed by atoms with Crippen LogP contribution in [0.25, 0.3) is 10.9 Å². The summed E-state index contributed by atoms with van der Waals surface area (Å²) in [6, 6.07) is 10.3. The molecule has 19 heavy (non-hydrogen) atoms. The van der Waals surface area contributed by atoms with Crippen LogP contribution in [0, 0.1) is 5.41 Å². The van der Waals surface area contributed by atoms with Crippen LogP contribution in [-0.4, -0.2) is 18.6 Å². The summed E-state index contributed by atoms with van der Waals surface area (Å²) in [5, 5.41) is 1.15. The molecule has 2 rings (SSSR count). The monoisotopic (exact) mass is 257 g/mol. The molecule has 0 atom stereocenters. The standard InChI is InChI=1S/C16H23N3/c1-16(2,3)11-19(4)15-13(10-17)9-12-7-5-6-8-14(12)18-15/h5-9H,10-11,17H2,1-4H3. The lowest BCUT2D eigenvalue weighted by molar-refractivity contribution is 0.417. The van der Waals surface area contributed by atoms with Gasteiger partial charge in [0.15, 0.2) is 0 Å². The van der Waals surface area contributed by atoms with E-state index in [9.17, 15) is 0 Å². The van der Waals surface area contributed by atoms with Crippen LogP contribution in [0.4, 0.5) is 5.82 Å². The molecule has 2 N–H and O–H groups in total. The van der Waals surface area contributed by atoms with E-state index in [1.807, 2.05) is 18.2 Å². The molecule has 0 aliphatic rings. The van der Waals surface area contributed by atoms with Crippen LogP contribution >= 0.6 is 0 Å². The molecule has 0 aliphatic heterocycles. The van der Waals surface area contributed by atoms with E-state index in [-0.39, 0.29) is 5.41 Å². The number of para-hydroxylation sites is 1. The topological polar surface area (TPSA) is 42.2 Å². The van der Waals surface area contributed by atoms with Crippen molar-refractivity contribution < 1.29 is 0 Å². The van der Waals surface area contributed by atoms with Crippen LogP contribution in [0.2, 0.25) is 0 Å². The minimum atomic E-state index is 0.230. The van der Waals surface area contributed by atoms with Gasteiger partial charge in [0.2, 0.25) is 0 Å². The number of anilines is 1. The van der Waals surface area contributed by atoms with E-state index in [2.05, 4.69) is 44.9 Å². The minimum Gasteiger partial charge on any atom is -0.359 e. The molecule has 1 heterocycles. The zero-order valence-corrected chi connectivity index (χ0v) is 12.3. The molecule has 1 aromatic heterocycles. The lowest BCUT2D eigenvalue weighted by atomic mass is 9.96. The predicted octanol–water partition coefficient (Wildman–Crippen LogP) is 3.18. The number of rotatable bonds is 3. The molecule has 0 amide bonds. The van der Waals surface area contributed by atoms with Crippen molar-refractivity contribution in [3.8, 4) is 0 Å². The van der Waals surface area contributed by atoms with Crippen molar-refractivity contribution in [2.75, 3.05) is 18.5 Å². The average molecular weight is 257 g/mol. The average Bonchev–Trinajstić information content (AvgIpc) is 2.35. The molecule has 0 aliphatic carbocycles. The molecule has 1 aromatic carbocycles. The Morgan fingerprint density at radius 3 is 2.53 bits per heavy atom. The first-order valence-electron chi connectivity index (χ1n) is 6.70. The Balaban J connectivity index is 2.46. The highest BCUT2D eigenvalue weighted by molar-refractivity contribution is 5.81. The van der Waals surface area contributed by atoms with Gasteiger partial charge in [0, 0.05) is 31.1 Å². The van der Waals surface area contributed by atoms with Crippen molar-refractivity contribution >= 4 is 16.7 Å². The zero-order chi connectivity index (χ0) is 14.0. The van der Waals surface area contributed by atoms with Gasteiger partial charge in [-0.3, -0.25) is 0 Å². The number of benzene rings is 1. The Kier molecular flexibility index (Phi) is 3.76. The molecule has 0 unspecified atom stereocenters. The number of pyridine rings is 1. The fourth-order valence-corrected chi connectivity index (χ4v) is 2.42. The molecule has 0 fully saturated rings. The Bertz CT molecular complexity index is 570. The van der Waals surface area contributed by atoms with Gasteiger partial charge in [-0.05, 0) is 17.5 Å². The number of hydrogen-bond donors (Lipinski definition) is 1. The Hall–Kier alpha value is -1.61. The van der Waals surface area contributed by atoms with Gasteiger partial charge in [-0.15, -0.1) is 0 Å². The molecule has 0 saturated carbocycles. The summed E-state index contributed by atoms with van der Waals surface area (Å²) in [5.41, 5.74) is 8.23. The van der Waals surface area contributed by atoms with Crippen LogP contribution in [0.15, 0.2) is 30.3 Å². The van der Waals surface area contributed by atoms with Gasteiger partial charge in [0.25, 0.3) is 0 Å². The second-order valence-corrected chi connectivity index (χ2v) is 6.28. The maximum Gasteiger partial charge on any atom is 0.133 e. The third-order valence-electron chi connectivity index (χ3n) is 3.07. The first-order chi connectivity index (χ1) is 8.90. The normalized spacial score (nSPS) is 11.8. The summed E-state index contributed by atoms with van der Waals surface area (Å²) in [6.07, 6.45) is 0. The third kappa shape index (κ3) is 3.24. The first-order valence-corrected chi connectivity index (χ1v) is 6.70. The summed E-state index contributed by atoms with van der Waals surface area (Å²) in [7, 11) is 2.08. The molecule has 2 aromatic rings. The molecule has 3 nitrogen and oxygen atoms in total. The summed E-state index contributed by atoms with van der Waals surface area (Å²) in [6.45, 7) is 8.15. The van der Waals surface area contributed by atoms with Crippen LogP contribution in [0.3, 0.4) is 0 Å². The van der Waals surface area contributed by atoms with Crippen LogP contribution < -0.4 is 10.6 Å². The van der Waals surface area contributed by atoms with Gasteiger partial charge >= 0.3 is 0 Å². The van der Waals surface area contributed by atoms with E-state index in [1.54, 1.807) is 0 Å². The number of nitrogens with two attached hydrogens (primary N) is 1. The fourth-order valence-electron chi connectivity index (χ4n) is 2.42. The number of nitrogens with zero attached hydrogens (tertiary/aromatic N) is 2. The highest BCUT2D eigenvalue weighted by Gasteiger charge is 2.17. The fraction of sp³-hybridized carbons (Fsp3) is 0.438. The Morgan fingerprint density at radius 2 is 1.89 bits per heavy atom. The maximum absolute atomic E-state index is 5.88. The van der Waals surface area contributed by atoms with Crippen molar-refractivity contribution in [1.82, 2.24) is 4.98 Å². The van der Waals surface area contributed by atoms with Crippen molar-refractivity contribution in [1.29, 1.82) is 0 Å². The predicted molar refractivity (Wildman–Crippen MR) is 82.4 cm³/mol. The van der Waals surface area contributed by atoms with Gasteiger partial charge in [-0.1, -0.05) is 39.0 Å². The SMILES string of the molecule is CN(CC(C)(C)C)c1nc2ccccc2cc1CN. The van der Waals surface area contributed by atoms with E-state index >= 15 is 0 Å². The summed E-state index contributed by atoms with van der Waals surface area (Å²) < 4.78 is 0. The highest BCUT2D eigenvalue weighted by atomic mass is 15.2. The lowest BCUT2D eigenvalue weighted by Gasteiger charge is -2.29. The third-order valence-corrected chi connectivity index (χ3v) is 3.07. The highest BCUT2D eigenvalue weighted by Crippen LogP contribution is 2.25. The van der Waals surface area contributed by atoms with E-state index in [4.69, 9.17) is 10.7 Å². The second-order valence-electron chi connectivity index (χ2n) is 6.28. The molecular weight excluding hydrogens is 234 g/mol. The van der Waals surface area contributed by atoms with Crippen molar-refractivity contribution in [3.63, 3.8) is 0 Å². The summed E-state index contributed by atoms with van der Waals surface area (Å²) in [4.78, 5) is 6.98. The summed E-state index contributed by atoms with van der Waals surface area (Å²) >= 11 is 0. The van der Waals surface area contributed by atoms with Crippen LogP contribution in [0.1, 0.15) is 26.3 Å².